The minimum Gasteiger partial charge on any atom is -0.454 e. The first-order valence-electron chi connectivity index (χ1n) is 6.73. The van der Waals surface area contributed by atoms with Crippen molar-refractivity contribution in [1.82, 2.24) is 4.98 Å². The van der Waals surface area contributed by atoms with E-state index < -0.39 is 0 Å². The van der Waals surface area contributed by atoms with E-state index in [2.05, 4.69) is 23.5 Å². The van der Waals surface area contributed by atoms with Crippen LogP contribution in [0.15, 0.2) is 24.4 Å². The zero-order valence-electron chi connectivity index (χ0n) is 11.7. The highest BCUT2D eigenvalue weighted by Crippen LogP contribution is 2.37. The van der Waals surface area contributed by atoms with Crippen LogP contribution in [0.4, 0.5) is 5.82 Å². The Morgan fingerprint density at radius 1 is 1.35 bits per heavy atom. The van der Waals surface area contributed by atoms with E-state index in [1.165, 1.54) is 0 Å². The molecule has 1 aromatic heterocycles. The maximum Gasteiger partial charge on any atom is 0.231 e. The molecule has 0 radical (unpaired) electrons. The number of hydrogen-bond donors (Lipinski definition) is 1. The molecule has 0 aliphatic carbocycles. The monoisotopic (exact) mass is 290 g/mol. The van der Waals surface area contributed by atoms with Gasteiger partial charge in [-0.2, -0.15) is 11.8 Å². The fourth-order valence-corrected chi connectivity index (χ4v) is 2.57. The average molecular weight is 290 g/mol. The van der Waals surface area contributed by atoms with E-state index in [1.54, 1.807) is 0 Å². The first-order valence-corrected chi connectivity index (χ1v) is 8.02. The Balaban J connectivity index is 1.84. The van der Waals surface area contributed by atoms with Crippen molar-refractivity contribution in [3.05, 3.63) is 24.4 Å². The van der Waals surface area contributed by atoms with Crippen LogP contribution >= 0.6 is 11.8 Å². The predicted molar refractivity (Wildman–Crippen MR) is 83.9 cm³/mol. The highest BCUT2D eigenvalue weighted by atomic mass is 32.2. The van der Waals surface area contributed by atoms with Crippen molar-refractivity contribution in [2.45, 2.75) is 18.6 Å². The van der Waals surface area contributed by atoms with Crippen LogP contribution in [0.25, 0.3) is 10.8 Å². The fraction of sp³-hybridized carbons (Fsp3) is 0.400. The number of pyridine rings is 1. The van der Waals surface area contributed by atoms with Crippen molar-refractivity contribution in [2.75, 3.05) is 24.9 Å². The van der Waals surface area contributed by atoms with Crippen molar-refractivity contribution in [3.8, 4) is 11.5 Å². The van der Waals surface area contributed by atoms with Crippen molar-refractivity contribution < 1.29 is 9.47 Å². The number of ether oxygens (including phenoxy) is 2. The molecule has 0 spiro atoms. The van der Waals surface area contributed by atoms with Gasteiger partial charge >= 0.3 is 0 Å². The van der Waals surface area contributed by atoms with Gasteiger partial charge in [-0.05, 0) is 36.3 Å². The molecule has 1 aliphatic heterocycles. The third kappa shape index (κ3) is 2.63. The molecule has 0 saturated heterocycles. The molecule has 2 aromatic rings. The molecule has 2 heterocycles. The quantitative estimate of drug-likeness (QED) is 0.912. The lowest BCUT2D eigenvalue weighted by Gasteiger charge is -2.11. The Labute approximate surface area is 122 Å². The summed E-state index contributed by atoms with van der Waals surface area (Å²) in [6.07, 6.45) is 5.08. The summed E-state index contributed by atoms with van der Waals surface area (Å²) in [6, 6.07) is 6.01. The first kappa shape index (κ1) is 13.4. The van der Waals surface area contributed by atoms with Gasteiger partial charge in [-0.3, -0.25) is 0 Å². The summed E-state index contributed by atoms with van der Waals surface area (Å²) in [5.41, 5.74) is 0. The molecule has 1 unspecified atom stereocenters. The average Bonchev–Trinajstić information content (AvgIpc) is 2.92. The lowest BCUT2D eigenvalue weighted by molar-refractivity contribution is 0.174. The van der Waals surface area contributed by atoms with Gasteiger partial charge in [-0.25, -0.2) is 4.98 Å². The molecule has 1 aliphatic rings. The molecule has 5 heteroatoms. The summed E-state index contributed by atoms with van der Waals surface area (Å²) in [5, 5.41) is 6.27. The van der Waals surface area contributed by atoms with Gasteiger partial charge in [0.1, 0.15) is 5.82 Å². The third-order valence-corrected chi connectivity index (χ3v) is 4.54. The van der Waals surface area contributed by atoms with Gasteiger partial charge < -0.3 is 14.8 Å². The smallest absolute Gasteiger partial charge is 0.231 e. The summed E-state index contributed by atoms with van der Waals surface area (Å²) >= 11 is 1.88. The van der Waals surface area contributed by atoms with E-state index in [-0.39, 0.29) is 0 Å². The van der Waals surface area contributed by atoms with Gasteiger partial charge in [-0.1, -0.05) is 6.92 Å². The molecule has 20 heavy (non-hydrogen) atoms. The zero-order chi connectivity index (χ0) is 13.9. The molecule has 1 atom stereocenters. The molecule has 3 rings (SSSR count). The zero-order valence-corrected chi connectivity index (χ0v) is 12.5. The van der Waals surface area contributed by atoms with E-state index in [9.17, 15) is 0 Å². The number of rotatable bonds is 5. The van der Waals surface area contributed by atoms with Crippen molar-refractivity contribution in [3.63, 3.8) is 0 Å². The number of nitrogens with one attached hydrogen (secondary N) is 1. The number of thioether (sulfide) groups is 1. The van der Waals surface area contributed by atoms with E-state index in [0.717, 1.165) is 41.1 Å². The Morgan fingerprint density at radius 2 is 2.15 bits per heavy atom. The molecule has 4 nitrogen and oxygen atoms in total. The molecule has 1 N–H and O–H groups in total. The topological polar surface area (TPSA) is 43.4 Å². The molecule has 0 bridgehead atoms. The van der Waals surface area contributed by atoms with Crippen LogP contribution in [-0.2, 0) is 0 Å². The van der Waals surface area contributed by atoms with Crippen LogP contribution < -0.4 is 14.8 Å². The van der Waals surface area contributed by atoms with Gasteiger partial charge in [0.05, 0.1) is 0 Å². The van der Waals surface area contributed by atoms with E-state index >= 15 is 0 Å². The lowest BCUT2D eigenvalue weighted by Crippen LogP contribution is -2.08. The van der Waals surface area contributed by atoms with E-state index in [0.29, 0.717) is 12.0 Å². The maximum atomic E-state index is 5.44. The number of hydrogen-bond acceptors (Lipinski definition) is 5. The third-order valence-electron chi connectivity index (χ3n) is 3.50. The number of anilines is 1. The normalized spacial score (nSPS) is 14.5. The summed E-state index contributed by atoms with van der Waals surface area (Å²) in [4.78, 5) is 4.44. The summed E-state index contributed by atoms with van der Waals surface area (Å²) in [7, 11) is 0. The molecular formula is C15H18N2O2S. The standard InChI is InChI=1S/C15H18N2O2S/c1-10(20-2)3-5-16-15-12-8-14-13(18-9-19-14)7-11(12)4-6-17-15/h4,6-8,10H,3,5,9H2,1-2H3,(H,16,17). The van der Waals surface area contributed by atoms with E-state index in [1.807, 2.05) is 36.2 Å². The summed E-state index contributed by atoms with van der Waals surface area (Å²) in [5.74, 6) is 2.52. The van der Waals surface area contributed by atoms with Gasteiger partial charge in [0.25, 0.3) is 0 Å². The van der Waals surface area contributed by atoms with Gasteiger partial charge in [0.2, 0.25) is 6.79 Å². The van der Waals surface area contributed by atoms with Crippen LogP contribution in [0.3, 0.4) is 0 Å². The molecule has 0 fully saturated rings. The second kappa shape index (κ2) is 5.79. The molecule has 0 amide bonds. The van der Waals surface area contributed by atoms with Crippen LogP contribution in [0, 0.1) is 0 Å². The van der Waals surface area contributed by atoms with Gasteiger partial charge in [0.15, 0.2) is 11.5 Å². The molecule has 106 valence electrons. The Kier molecular flexibility index (Phi) is 3.87. The second-order valence-corrected chi connectivity index (χ2v) is 6.12. The van der Waals surface area contributed by atoms with Gasteiger partial charge in [-0.15, -0.1) is 0 Å². The first-order chi connectivity index (χ1) is 9.78. The Hall–Kier alpha value is -1.62. The summed E-state index contributed by atoms with van der Waals surface area (Å²) < 4.78 is 10.8. The minimum atomic E-state index is 0.299. The SMILES string of the molecule is CSC(C)CCNc1nccc2cc3c(cc12)OCO3. The van der Waals surface area contributed by atoms with E-state index in [4.69, 9.17) is 9.47 Å². The van der Waals surface area contributed by atoms with Crippen LogP contribution in [-0.4, -0.2) is 29.8 Å². The van der Waals surface area contributed by atoms with Crippen molar-refractivity contribution in [1.29, 1.82) is 0 Å². The van der Waals surface area contributed by atoms with Crippen LogP contribution in [0.2, 0.25) is 0 Å². The Morgan fingerprint density at radius 3 is 2.95 bits per heavy atom. The number of fused-ring (bicyclic) bond motifs is 2. The molecular weight excluding hydrogens is 272 g/mol. The maximum absolute atomic E-state index is 5.44. The lowest BCUT2D eigenvalue weighted by atomic mass is 10.1. The number of aromatic nitrogens is 1. The predicted octanol–water partition coefficient (Wildman–Crippen LogP) is 3.52. The summed E-state index contributed by atoms with van der Waals surface area (Å²) in [6.45, 7) is 3.45. The highest BCUT2D eigenvalue weighted by molar-refractivity contribution is 7.99. The molecule has 1 aromatic carbocycles. The fourth-order valence-electron chi connectivity index (χ4n) is 2.21. The second-order valence-electron chi connectivity index (χ2n) is 4.85. The Bertz CT molecular complexity index is 618. The minimum absolute atomic E-state index is 0.299. The van der Waals surface area contributed by atoms with Crippen LogP contribution in [0.1, 0.15) is 13.3 Å². The number of benzene rings is 1. The van der Waals surface area contributed by atoms with Crippen molar-refractivity contribution in [2.24, 2.45) is 0 Å². The molecule has 0 saturated carbocycles. The highest BCUT2D eigenvalue weighted by Gasteiger charge is 2.15. The number of nitrogens with zero attached hydrogens (tertiary/aromatic N) is 1. The largest absolute Gasteiger partial charge is 0.454 e. The van der Waals surface area contributed by atoms with Gasteiger partial charge in [0, 0.05) is 23.4 Å². The van der Waals surface area contributed by atoms with Crippen LogP contribution in [0.5, 0.6) is 11.5 Å². The van der Waals surface area contributed by atoms with Crippen molar-refractivity contribution >= 4 is 28.4 Å².